The first-order chi connectivity index (χ1) is 11.4. The van der Waals surface area contributed by atoms with E-state index in [0.717, 1.165) is 12.2 Å². The molecule has 4 rings (SSSR count). The quantitative estimate of drug-likeness (QED) is 0.773. The fourth-order valence-electron chi connectivity index (χ4n) is 3.11. The molecule has 0 fully saturated rings. The number of hydrogen-bond acceptors (Lipinski definition) is 2. The molecule has 0 spiro atoms. The van der Waals surface area contributed by atoms with E-state index in [-0.39, 0.29) is 6.04 Å². The Morgan fingerprint density at radius 3 is 2.48 bits per heavy atom. The monoisotopic (exact) mass is 298 g/mol. The molecule has 0 saturated carbocycles. The van der Waals surface area contributed by atoms with Gasteiger partial charge < -0.3 is 5.32 Å². The van der Waals surface area contributed by atoms with Gasteiger partial charge in [-0.2, -0.15) is 0 Å². The number of nitrogens with zero attached hydrogens (tertiary/aromatic N) is 1. The summed E-state index contributed by atoms with van der Waals surface area (Å²) in [5.41, 5.74) is 6.09. The number of hydrogen-bond donors (Lipinski definition) is 1. The minimum atomic E-state index is 0.144. The molecule has 0 bridgehead atoms. The second-order valence-corrected chi connectivity index (χ2v) is 5.74. The maximum absolute atomic E-state index is 4.54. The van der Waals surface area contributed by atoms with Gasteiger partial charge in [0.2, 0.25) is 0 Å². The molecule has 1 aliphatic rings. The van der Waals surface area contributed by atoms with Crippen molar-refractivity contribution in [3.63, 3.8) is 0 Å². The van der Waals surface area contributed by atoms with Gasteiger partial charge in [0.15, 0.2) is 0 Å². The van der Waals surface area contributed by atoms with Gasteiger partial charge in [-0.3, -0.25) is 4.98 Å². The fraction of sp³-hybridized carbons (Fsp3) is 0.0952. The lowest BCUT2D eigenvalue weighted by Gasteiger charge is -2.21. The third kappa shape index (κ3) is 2.81. The van der Waals surface area contributed by atoms with Crippen LogP contribution in [0.15, 0.2) is 72.9 Å². The van der Waals surface area contributed by atoms with Gasteiger partial charge in [0.25, 0.3) is 0 Å². The minimum absolute atomic E-state index is 0.144. The molecule has 2 heteroatoms. The first-order valence-electron chi connectivity index (χ1n) is 7.91. The van der Waals surface area contributed by atoms with Gasteiger partial charge in [-0.25, -0.2) is 0 Å². The summed E-state index contributed by atoms with van der Waals surface area (Å²) in [5, 5.41) is 3.71. The molecule has 0 radical (unpaired) electrons. The summed E-state index contributed by atoms with van der Waals surface area (Å²) in [6.45, 7) is 0.828. The average molecular weight is 298 g/mol. The van der Waals surface area contributed by atoms with Crippen LogP contribution in [0.4, 0.5) is 0 Å². The minimum Gasteiger partial charge on any atom is -0.302 e. The Hall–Kier alpha value is -2.71. The highest BCUT2D eigenvalue weighted by Gasteiger charge is 2.21. The number of fused-ring (bicyclic) bond motifs is 2. The molecule has 1 unspecified atom stereocenters. The average Bonchev–Trinajstić information content (AvgIpc) is 2.78. The van der Waals surface area contributed by atoms with Crippen LogP contribution in [0.1, 0.15) is 34.0 Å². The van der Waals surface area contributed by atoms with Crippen molar-refractivity contribution < 1.29 is 0 Å². The summed E-state index contributed by atoms with van der Waals surface area (Å²) in [5.74, 6) is 0. The molecule has 0 amide bonds. The van der Waals surface area contributed by atoms with Gasteiger partial charge in [0, 0.05) is 12.7 Å². The first kappa shape index (κ1) is 13.9. The topological polar surface area (TPSA) is 24.9 Å². The molecule has 112 valence electrons. The molecule has 0 aliphatic heterocycles. The predicted octanol–water partition coefficient (Wildman–Crippen LogP) is 4.44. The molecule has 3 aromatic rings. The lowest BCUT2D eigenvalue weighted by atomic mass is 9.95. The van der Waals surface area contributed by atoms with Gasteiger partial charge >= 0.3 is 0 Å². The van der Waals surface area contributed by atoms with Gasteiger partial charge in [-0.15, -0.1) is 0 Å². The number of pyridine rings is 1. The second kappa shape index (κ2) is 6.19. The van der Waals surface area contributed by atoms with Crippen LogP contribution in [0.3, 0.4) is 0 Å². The molecule has 1 heterocycles. The molecular formula is C21H18N2. The van der Waals surface area contributed by atoms with E-state index in [1.54, 1.807) is 0 Å². The molecule has 2 aromatic carbocycles. The number of benzene rings is 2. The Kier molecular flexibility index (Phi) is 3.75. The van der Waals surface area contributed by atoms with Crippen LogP contribution in [0.25, 0.3) is 12.2 Å². The molecule has 1 aliphatic carbocycles. The highest BCUT2D eigenvalue weighted by Crippen LogP contribution is 2.31. The summed E-state index contributed by atoms with van der Waals surface area (Å²) in [6, 6.07) is 23.4. The molecule has 1 atom stereocenters. The van der Waals surface area contributed by atoms with E-state index in [4.69, 9.17) is 0 Å². The Balaban J connectivity index is 1.73. The van der Waals surface area contributed by atoms with Gasteiger partial charge in [-0.1, -0.05) is 66.7 Å². The maximum atomic E-state index is 4.54. The second-order valence-electron chi connectivity index (χ2n) is 5.74. The van der Waals surface area contributed by atoms with Gasteiger partial charge in [-0.05, 0) is 34.4 Å². The Morgan fingerprint density at radius 1 is 0.783 bits per heavy atom. The van der Waals surface area contributed by atoms with Crippen molar-refractivity contribution in [3.8, 4) is 0 Å². The van der Waals surface area contributed by atoms with E-state index in [1.807, 2.05) is 18.3 Å². The molecule has 23 heavy (non-hydrogen) atoms. The van der Waals surface area contributed by atoms with Crippen LogP contribution in [-0.2, 0) is 6.54 Å². The van der Waals surface area contributed by atoms with Crippen LogP contribution < -0.4 is 5.32 Å². The van der Waals surface area contributed by atoms with Crippen LogP contribution in [0.5, 0.6) is 0 Å². The summed E-state index contributed by atoms with van der Waals surface area (Å²) < 4.78 is 0. The van der Waals surface area contributed by atoms with Gasteiger partial charge in [0.1, 0.15) is 0 Å². The van der Waals surface area contributed by atoms with Crippen molar-refractivity contribution in [1.82, 2.24) is 10.3 Å². The third-order valence-electron chi connectivity index (χ3n) is 4.26. The van der Waals surface area contributed by atoms with Crippen LogP contribution >= 0.6 is 0 Å². The zero-order valence-electron chi connectivity index (χ0n) is 12.8. The number of rotatable bonds is 3. The zero-order valence-corrected chi connectivity index (χ0v) is 12.8. The van der Waals surface area contributed by atoms with Crippen molar-refractivity contribution in [2.24, 2.45) is 0 Å². The smallest absolute Gasteiger partial charge is 0.0681 e. The Labute approximate surface area is 136 Å². The number of aromatic nitrogens is 1. The van der Waals surface area contributed by atoms with Crippen molar-refractivity contribution in [3.05, 3.63) is 101 Å². The molecule has 0 saturated heterocycles. The van der Waals surface area contributed by atoms with Crippen molar-refractivity contribution >= 4 is 12.2 Å². The highest BCUT2D eigenvalue weighted by molar-refractivity contribution is 5.74. The zero-order chi connectivity index (χ0) is 15.5. The van der Waals surface area contributed by atoms with E-state index in [1.165, 1.54) is 22.3 Å². The largest absolute Gasteiger partial charge is 0.302 e. The summed E-state index contributed by atoms with van der Waals surface area (Å²) in [7, 11) is 0. The normalized spacial score (nSPS) is 15.6. The molecule has 2 nitrogen and oxygen atoms in total. The van der Waals surface area contributed by atoms with Crippen molar-refractivity contribution in [1.29, 1.82) is 0 Å². The van der Waals surface area contributed by atoms with Crippen LogP contribution in [0, 0.1) is 0 Å². The Morgan fingerprint density at radius 2 is 1.57 bits per heavy atom. The number of nitrogens with one attached hydrogen (secondary N) is 1. The first-order valence-corrected chi connectivity index (χ1v) is 7.91. The van der Waals surface area contributed by atoms with Crippen molar-refractivity contribution in [2.75, 3.05) is 0 Å². The maximum Gasteiger partial charge on any atom is 0.0681 e. The molecule has 1 aromatic heterocycles. The van der Waals surface area contributed by atoms with E-state index in [2.05, 4.69) is 77.1 Å². The predicted molar refractivity (Wildman–Crippen MR) is 94.7 cm³/mol. The summed E-state index contributed by atoms with van der Waals surface area (Å²) in [4.78, 5) is 4.54. The molecular weight excluding hydrogens is 280 g/mol. The van der Waals surface area contributed by atoms with Crippen LogP contribution in [-0.4, -0.2) is 4.98 Å². The van der Waals surface area contributed by atoms with E-state index >= 15 is 0 Å². The van der Waals surface area contributed by atoms with Crippen molar-refractivity contribution in [2.45, 2.75) is 12.6 Å². The summed E-state index contributed by atoms with van der Waals surface area (Å²) in [6.07, 6.45) is 6.12. The lowest BCUT2D eigenvalue weighted by Crippen LogP contribution is -2.23. The van der Waals surface area contributed by atoms with E-state index in [9.17, 15) is 0 Å². The highest BCUT2D eigenvalue weighted by atomic mass is 14.9. The van der Waals surface area contributed by atoms with Gasteiger partial charge in [0.05, 0.1) is 11.7 Å². The SMILES string of the molecule is C1=Cc2ncccc2C(NCc2ccccc2)c2ccccc21. The van der Waals surface area contributed by atoms with E-state index < -0.39 is 0 Å². The van der Waals surface area contributed by atoms with Crippen LogP contribution in [0.2, 0.25) is 0 Å². The third-order valence-corrected chi connectivity index (χ3v) is 4.26. The Bertz CT molecular complexity index is 788. The standard InChI is InChI=1S/C21H18N2/c1-2-7-16(8-3-1)15-23-21-18-10-5-4-9-17(18)12-13-20-19(21)11-6-14-22-20/h1-14,21,23H,15H2. The summed E-state index contributed by atoms with van der Waals surface area (Å²) >= 11 is 0. The fourth-order valence-corrected chi connectivity index (χ4v) is 3.11. The lowest BCUT2D eigenvalue weighted by molar-refractivity contribution is 0.602. The van der Waals surface area contributed by atoms with E-state index in [0.29, 0.717) is 0 Å². The molecule has 1 N–H and O–H groups in total.